The van der Waals surface area contributed by atoms with Gasteiger partial charge in [0.15, 0.2) is 5.75 Å². The van der Waals surface area contributed by atoms with Crippen LogP contribution in [0, 0.1) is 6.92 Å². The molecule has 3 rings (SSSR count). The molecule has 1 aromatic heterocycles. The first-order valence-corrected chi connectivity index (χ1v) is 9.90. The number of hydrogen-bond acceptors (Lipinski definition) is 9. The standard InChI is InChI=1S/C13H11N5O7S2/c1-6-14-13(17-15-6)18-16-11-9-5-8(26(20,21)22)3-2-7(9)4-10(12(11)19)27(23,24)25/h2-5,19H,1H3,(H,14,15,17)(H,20,21,22)(H,23,24,25). The predicted molar refractivity (Wildman–Crippen MR) is 90.5 cm³/mol. The number of phenols is 1. The fraction of sp³-hybridized carbons (Fsp3) is 0.0769. The van der Waals surface area contributed by atoms with E-state index in [0.717, 1.165) is 18.2 Å². The molecule has 0 amide bonds. The van der Waals surface area contributed by atoms with Crippen LogP contribution in [0.25, 0.3) is 10.8 Å². The van der Waals surface area contributed by atoms with Crippen molar-refractivity contribution in [2.75, 3.05) is 0 Å². The van der Waals surface area contributed by atoms with Crippen molar-refractivity contribution in [1.29, 1.82) is 0 Å². The number of aromatic nitrogens is 3. The minimum atomic E-state index is -4.82. The number of aromatic amines is 1. The van der Waals surface area contributed by atoms with E-state index >= 15 is 0 Å². The minimum absolute atomic E-state index is 0.0500. The van der Waals surface area contributed by atoms with Crippen LogP contribution in [-0.4, -0.2) is 46.2 Å². The average Bonchev–Trinajstić information content (AvgIpc) is 2.96. The molecule has 27 heavy (non-hydrogen) atoms. The van der Waals surface area contributed by atoms with Gasteiger partial charge in [-0.1, -0.05) is 6.07 Å². The van der Waals surface area contributed by atoms with Crippen molar-refractivity contribution in [1.82, 2.24) is 15.2 Å². The molecule has 0 radical (unpaired) electrons. The summed E-state index contributed by atoms with van der Waals surface area (Å²) in [7, 11) is -9.40. The Labute approximate surface area is 152 Å². The van der Waals surface area contributed by atoms with Gasteiger partial charge in [-0.05, 0) is 30.5 Å². The molecule has 4 N–H and O–H groups in total. The van der Waals surface area contributed by atoms with Crippen molar-refractivity contribution in [2.45, 2.75) is 16.7 Å². The SMILES string of the molecule is Cc1nc(N=Nc2c(O)c(S(=O)(=O)O)cc3ccc(S(=O)(=O)O)cc23)n[nH]1. The second-order valence-electron chi connectivity index (χ2n) is 5.33. The van der Waals surface area contributed by atoms with E-state index in [1.807, 2.05) is 0 Å². The van der Waals surface area contributed by atoms with Gasteiger partial charge in [0.1, 0.15) is 16.4 Å². The number of H-pyrrole nitrogens is 1. The molecule has 142 valence electrons. The number of rotatable bonds is 4. The second kappa shape index (κ2) is 6.34. The van der Waals surface area contributed by atoms with Crippen molar-refractivity contribution in [3.63, 3.8) is 0 Å². The fourth-order valence-corrected chi connectivity index (χ4v) is 3.37. The molecule has 1 heterocycles. The van der Waals surface area contributed by atoms with Crippen LogP contribution < -0.4 is 0 Å². The molecule has 12 nitrogen and oxygen atoms in total. The van der Waals surface area contributed by atoms with Gasteiger partial charge in [-0.2, -0.15) is 21.8 Å². The number of nitrogens with zero attached hydrogens (tertiary/aromatic N) is 4. The van der Waals surface area contributed by atoms with Crippen molar-refractivity contribution >= 4 is 42.6 Å². The minimum Gasteiger partial charge on any atom is -0.504 e. The van der Waals surface area contributed by atoms with Crippen molar-refractivity contribution in [3.8, 4) is 5.75 Å². The quantitative estimate of drug-likeness (QED) is 0.364. The highest BCUT2D eigenvalue weighted by atomic mass is 32.2. The lowest BCUT2D eigenvalue weighted by Crippen LogP contribution is -2.00. The zero-order chi connectivity index (χ0) is 20.0. The predicted octanol–water partition coefficient (Wildman–Crippen LogP) is 1.88. The number of fused-ring (bicyclic) bond motifs is 1. The molecule has 0 atom stereocenters. The van der Waals surface area contributed by atoms with Gasteiger partial charge >= 0.3 is 0 Å². The Kier molecular flexibility index (Phi) is 4.43. The van der Waals surface area contributed by atoms with Crippen LogP contribution in [0.3, 0.4) is 0 Å². The maximum atomic E-state index is 11.5. The van der Waals surface area contributed by atoms with Crippen LogP contribution in [0.4, 0.5) is 11.6 Å². The maximum absolute atomic E-state index is 11.5. The van der Waals surface area contributed by atoms with Gasteiger partial charge in [0, 0.05) is 5.39 Å². The van der Waals surface area contributed by atoms with Gasteiger partial charge in [-0.15, -0.1) is 15.3 Å². The lowest BCUT2D eigenvalue weighted by Gasteiger charge is -2.09. The Morgan fingerprint density at radius 3 is 2.30 bits per heavy atom. The smallest absolute Gasteiger partial charge is 0.298 e. The number of benzene rings is 2. The second-order valence-corrected chi connectivity index (χ2v) is 8.14. The molecule has 0 saturated carbocycles. The molecular formula is C13H11N5O7S2. The van der Waals surface area contributed by atoms with E-state index in [-0.39, 0.29) is 16.7 Å². The van der Waals surface area contributed by atoms with Crippen LogP contribution in [0.2, 0.25) is 0 Å². The number of aryl methyl sites for hydroxylation is 1. The van der Waals surface area contributed by atoms with E-state index in [4.69, 9.17) is 0 Å². The molecule has 0 fully saturated rings. The maximum Gasteiger partial charge on any atom is 0.298 e. The molecule has 0 unspecified atom stereocenters. The first-order valence-electron chi connectivity index (χ1n) is 7.02. The Morgan fingerprint density at radius 2 is 1.74 bits per heavy atom. The van der Waals surface area contributed by atoms with Crippen LogP contribution in [0.5, 0.6) is 5.75 Å². The third-order valence-electron chi connectivity index (χ3n) is 3.42. The molecule has 0 bridgehead atoms. The zero-order valence-corrected chi connectivity index (χ0v) is 15.0. The summed E-state index contributed by atoms with van der Waals surface area (Å²) in [5.41, 5.74) is -0.465. The zero-order valence-electron chi connectivity index (χ0n) is 13.4. The summed E-state index contributed by atoms with van der Waals surface area (Å²) in [6.07, 6.45) is 0. The van der Waals surface area contributed by atoms with E-state index < -0.39 is 41.5 Å². The Morgan fingerprint density at radius 1 is 1.04 bits per heavy atom. The first kappa shape index (κ1) is 18.8. The van der Waals surface area contributed by atoms with Crippen LogP contribution in [-0.2, 0) is 20.2 Å². The molecule has 14 heteroatoms. The first-order chi connectivity index (χ1) is 12.5. The number of azo groups is 1. The van der Waals surface area contributed by atoms with Gasteiger partial charge < -0.3 is 5.11 Å². The highest BCUT2D eigenvalue weighted by Gasteiger charge is 2.23. The monoisotopic (exact) mass is 413 g/mol. The normalized spacial score (nSPS) is 12.9. The van der Waals surface area contributed by atoms with Gasteiger partial charge in [0.2, 0.25) is 0 Å². The summed E-state index contributed by atoms with van der Waals surface area (Å²) in [5, 5.41) is 23.8. The van der Waals surface area contributed by atoms with Crippen LogP contribution >= 0.6 is 0 Å². The van der Waals surface area contributed by atoms with Gasteiger partial charge in [-0.25, -0.2) is 0 Å². The molecule has 0 aliphatic heterocycles. The summed E-state index contributed by atoms with van der Waals surface area (Å²) >= 11 is 0. The topological polar surface area (TPSA) is 195 Å². The lowest BCUT2D eigenvalue weighted by molar-refractivity contribution is 0.445. The van der Waals surface area contributed by atoms with Crippen molar-refractivity contribution in [2.24, 2.45) is 10.2 Å². The number of hydrogen-bond donors (Lipinski definition) is 4. The lowest BCUT2D eigenvalue weighted by atomic mass is 10.1. The van der Waals surface area contributed by atoms with Crippen molar-refractivity contribution < 1.29 is 31.0 Å². The summed E-state index contributed by atoms with van der Waals surface area (Å²) in [5.74, 6) is -0.685. The third kappa shape index (κ3) is 3.77. The van der Waals surface area contributed by atoms with E-state index in [1.54, 1.807) is 6.92 Å². The Balaban J connectivity index is 2.34. The van der Waals surface area contributed by atoms with Gasteiger partial charge in [0.25, 0.3) is 26.2 Å². The van der Waals surface area contributed by atoms with Gasteiger partial charge in [0.05, 0.1) is 4.90 Å². The fourth-order valence-electron chi connectivity index (χ4n) is 2.25. The molecule has 0 saturated heterocycles. The molecule has 0 spiro atoms. The highest BCUT2D eigenvalue weighted by molar-refractivity contribution is 7.86. The number of phenolic OH excluding ortho intramolecular Hbond substituents is 1. The van der Waals surface area contributed by atoms with E-state index in [2.05, 4.69) is 25.4 Å². The summed E-state index contributed by atoms with van der Waals surface area (Å²) in [6, 6.07) is 4.07. The number of nitrogens with one attached hydrogen (secondary N) is 1. The third-order valence-corrected chi connectivity index (χ3v) is 5.14. The Hall–Kier alpha value is -2.94. The summed E-state index contributed by atoms with van der Waals surface area (Å²) in [6.45, 7) is 1.59. The van der Waals surface area contributed by atoms with Crippen molar-refractivity contribution in [3.05, 3.63) is 30.1 Å². The molecular weight excluding hydrogens is 402 g/mol. The largest absolute Gasteiger partial charge is 0.504 e. The average molecular weight is 413 g/mol. The summed E-state index contributed by atoms with van der Waals surface area (Å²) in [4.78, 5) is 2.48. The van der Waals surface area contributed by atoms with Crippen LogP contribution in [0.1, 0.15) is 5.82 Å². The van der Waals surface area contributed by atoms with E-state index in [1.165, 1.54) is 6.07 Å². The highest BCUT2D eigenvalue weighted by Crippen LogP contribution is 2.41. The van der Waals surface area contributed by atoms with Gasteiger partial charge in [-0.3, -0.25) is 14.2 Å². The number of aromatic hydroxyl groups is 1. The summed E-state index contributed by atoms with van der Waals surface area (Å²) < 4.78 is 64.2. The Bertz CT molecular complexity index is 1300. The molecule has 3 aromatic rings. The molecule has 2 aromatic carbocycles. The van der Waals surface area contributed by atoms with E-state index in [0.29, 0.717) is 5.82 Å². The van der Waals surface area contributed by atoms with E-state index in [9.17, 15) is 31.0 Å². The molecule has 0 aliphatic carbocycles. The molecule has 0 aliphatic rings. The van der Waals surface area contributed by atoms with Crippen LogP contribution in [0.15, 0.2) is 44.3 Å².